The van der Waals surface area contributed by atoms with Gasteiger partial charge >= 0.3 is 11.9 Å². The Morgan fingerprint density at radius 3 is 2.59 bits per heavy atom. The zero-order chi connectivity index (χ0) is 39.4. The quantitative estimate of drug-likeness (QED) is 0.0940. The molecule has 1 atom stereocenters. The van der Waals surface area contributed by atoms with Crippen LogP contribution in [-0.2, 0) is 22.5 Å². The van der Waals surface area contributed by atoms with Crippen molar-refractivity contribution in [3.63, 3.8) is 0 Å². The molecule has 0 saturated carbocycles. The Balaban J connectivity index is 1.09. The van der Waals surface area contributed by atoms with Crippen LogP contribution in [0.2, 0.25) is 0 Å². The molecule has 2 aromatic heterocycles. The lowest BCUT2D eigenvalue weighted by atomic mass is 9.93. The number of benzene rings is 3. The van der Waals surface area contributed by atoms with Crippen molar-refractivity contribution in [3.8, 4) is 16.9 Å². The highest BCUT2D eigenvalue weighted by Gasteiger charge is 2.28. The van der Waals surface area contributed by atoms with Gasteiger partial charge in [-0.25, -0.2) is 14.8 Å². The number of carboxylic acid groups (broad SMARTS) is 1. The summed E-state index contributed by atoms with van der Waals surface area (Å²) in [5, 5.41) is 12.8. The highest BCUT2D eigenvalue weighted by atomic mass is 32.1. The fourth-order valence-electron chi connectivity index (χ4n) is 7.74. The average molecular weight is 776 g/mol. The Hall–Kier alpha value is -5.33. The second-order valence-electron chi connectivity index (χ2n) is 15.7. The number of likely N-dealkylation sites (tertiary alicyclic amines) is 1. The minimum absolute atomic E-state index is 0.0955. The Bertz CT molecular complexity index is 2210. The van der Waals surface area contributed by atoms with E-state index in [1.165, 1.54) is 11.3 Å². The molecular formula is C44H49N5O6S. The summed E-state index contributed by atoms with van der Waals surface area (Å²) in [5.41, 5.74) is 5.32. The number of thiazole rings is 1. The largest absolute Gasteiger partial charge is 0.493 e. The van der Waals surface area contributed by atoms with E-state index in [2.05, 4.69) is 21.3 Å². The summed E-state index contributed by atoms with van der Waals surface area (Å²) in [7, 11) is 0. The number of esters is 1. The van der Waals surface area contributed by atoms with Crippen LogP contribution in [-0.4, -0.2) is 76.2 Å². The van der Waals surface area contributed by atoms with Gasteiger partial charge in [-0.05, 0) is 131 Å². The van der Waals surface area contributed by atoms with E-state index in [0.717, 1.165) is 77.0 Å². The predicted molar refractivity (Wildman–Crippen MR) is 220 cm³/mol. The van der Waals surface area contributed by atoms with Crippen LogP contribution >= 0.6 is 11.3 Å². The first-order valence-corrected chi connectivity index (χ1v) is 20.2. The molecule has 0 spiro atoms. The van der Waals surface area contributed by atoms with Crippen molar-refractivity contribution in [2.75, 3.05) is 43.0 Å². The van der Waals surface area contributed by atoms with Gasteiger partial charge in [0.15, 0.2) is 10.8 Å². The van der Waals surface area contributed by atoms with Crippen LogP contribution in [0.4, 0.5) is 10.9 Å². The van der Waals surface area contributed by atoms with Crippen LogP contribution in [0.15, 0.2) is 72.8 Å². The molecule has 292 valence electrons. The number of para-hydroxylation sites is 1. The van der Waals surface area contributed by atoms with Gasteiger partial charge in [0.2, 0.25) is 0 Å². The van der Waals surface area contributed by atoms with Crippen LogP contribution in [0.25, 0.3) is 21.3 Å². The first-order chi connectivity index (χ1) is 26.9. The number of nitrogens with zero attached hydrogens (tertiary/aromatic N) is 4. The minimum atomic E-state index is -0.779. The van der Waals surface area contributed by atoms with Crippen molar-refractivity contribution in [2.45, 2.75) is 71.9 Å². The van der Waals surface area contributed by atoms with Gasteiger partial charge in [0, 0.05) is 30.8 Å². The maximum atomic E-state index is 13.9. The van der Waals surface area contributed by atoms with Gasteiger partial charge < -0.3 is 19.5 Å². The fraction of sp³-hybridized carbons (Fsp3) is 0.386. The molecule has 5 aromatic rings. The van der Waals surface area contributed by atoms with E-state index in [4.69, 9.17) is 14.5 Å². The van der Waals surface area contributed by atoms with Crippen molar-refractivity contribution >= 4 is 50.3 Å². The number of hydrogen-bond acceptors (Lipinski definition) is 10. The number of fused-ring (bicyclic) bond motifs is 2. The van der Waals surface area contributed by atoms with E-state index in [0.29, 0.717) is 54.1 Å². The van der Waals surface area contributed by atoms with Crippen molar-refractivity contribution < 1.29 is 29.0 Å². The molecule has 1 amide bonds. The number of aromatic nitrogens is 2. The molecular weight excluding hydrogens is 727 g/mol. The molecule has 56 heavy (non-hydrogen) atoms. The molecule has 2 aliphatic heterocycles. The summed E-state index contributed by atoms with van der Waals surface area (Å²) in [6.45, 7) is 10.9. The molecule has 1 fully saturated rings. The zero-order valence-corrected chi connectivity index (χ0v) is 33.3. The summed E-state index contributed by atoms with van der Waals surface area (Å²) in [6.07, 6.45) is 4.66. The number of piperidine rings is 1. The molecule has 0 unspecified atom stereocenters. The minimum Gasteiger partial charge on any atom is -0.493 e. The molecule has 3 aromatic carbocycles. The van der Waals surface area contributed by atoms with Crippen LogP contribution in [0, 0.1) is 12.8 Å². The van der Waals surface area contributed by atoms with Gasteiger partial charge in [0.1, 0.15) is 17.2 Å². The highest BCUT2D eigenvalue weighted by molar-refractivity contribution is 7.22. The third-order valence-corrected chi connectivity index (χ3v) is 11.3. The molecule has 1 saturated heterocycles. The SMILES string of the molecule is Cc1c(OCCC[C@@H]2CCCN(CC(=O)O)C2)cccc1-c1ccc(N2CCc3cccc(C(=O)Nc4nc5ccccc5s4)c3C2)nc1C(=O)OC(C)(C)C. The zero-order valence-electron chi connectivity index (χ0n) is 32.5. The Kier molecular flexibility index (Phi) is 11.7. The molecule has 2 aliphatic rings. The second-order valence-corrected chi connectivity index (χ2v) is 16.7. The lowest BCUT2D eigenvalue weighted by Gasteiger charge is -2.31. The Labute approximate surface area is 331 Å². The molecule has 7 rings (SSSR count). The number of anilines is 2. The summed E-state index contributed by atoms with van der Waals surface area (Å²) in [4.78, 5) is 52.5. The topological polar surface area (TPSA) is 134 Å². The Morgan fingerprint density at radius 1 is 0.964 bits per heavy atom. The number of pyridine rings is 1. The van der Waals surface area contributed by atoms with Crippen molar-refractivity contribution in [1.82, 2.24) is 14.9 Å². The van der Waals surface area contributed by atoms with Crippen molar-refractivity contribution in [2.24, 2.45) is 5.92 Å². The van der Waals surface area contributed by atoms with Gasteiger partial charge in [-0.2, -0.15) is 0 Å². The number of carbonyl (C=O) groups is 3. The summed E-state index contributed by atoms with van der Waals surface area (Å²) in [5.74, 6) is 0.311. The highest BCUT2D eigenvalue weighted by Crippen LogP contribution is 2.35. The summed E-state index contributed by atoms with van der Waals surface area (Å²) in [6, 6.07) is 23.3. The van der Waals surface area contributed by atoms with Crippen LogP contribution in [0.1, 0.15) is 84.0 Å². The molecule has 12 heteroatoms. The third-order valence-electron chi connectivity index (χ3n) is 10.4. The standard InChI is InChI=1S/C44H49N5O6S/c1-28-31(14-8-17-36(28)54-24-10-12-29-11-9-22-48(25-29)27-39(50)51)32-19-20-38(46-40(32)42(53)55-44(2,3)4)49-23-21-30-13-7-15-33(34(30)26-49)41(52)47-43-45-35-16-5-6-18-37(35)56-43/h5-8,13-20,29H,9-12,21-27H2,1-4H3,(H,50,51)(H,45,47,52)/t29-/m0/s1. The van der Waals surface area contributed by atoms with Gasteiger partial charge in [-0.15, -0.1) is 0 Å². The number of hydrogen-bond donors (Lipinski definition) is 2. The Morgan fingerprint density at radius 2 is 1.79 bits per heavy atom. The van der Waals surface area contributed by atoms with E-state index < -0.39 is 17.5 Å². The molecule has 0 aliphatic carbocycles. The first kappa shape index (κ1) is 38.9. The van der Waals surface area contributed by atoms with Gasteiger partial charge in [0.05, 0.1) is 23.4 Å². The van der Waals surface area contributed by atoms with Crippen molar-refractivity contribution in [3.05, 3.63) is 101 Å². The molecule has 2 N–H and O–H groups in total. The lowest BCUT2D eigenvalue weighted by Crippen LogP contribution is -2.38. The van der Waals surface area contributed by atoms with E-state index in [9.17, 15) is 19.5 Å². The third kappa shape index (κ3) is 9.20. The van der Waals surface area contributed by atoms with E-state index in [-0.39, 0.29) is 18.1 Å². The predicted octanol–water partition coefficient (Wildman–Crippen LogP) is 8.39. The molecule has 0 radical (unpaired) electrons. The van der Waals surface area contributed by atoms with Gasteiger partial charge in [-0.1, -0.05) is 47.7 Å². The van der Waals surface area contributed by atoms with Crippen LogP contribution in [0.3, 0.4) is 0 Å². The summed E-state index contributed by atoms with van der Waals surface area (Å²) >= 11 is 1.44. The maximum Gasteiger partial charge on any atom is 0.358 e. The van der Waals surface area contributed by atoms with E-state index >= 15 is 0 Å². The second kappa shape index (κ2) is 16.8. The number of rotatable bonds is 12. The number of amides is 1. The molecule has 11 nitrogen and oxygen atoms in total. The number of carbonyl (C=O) groups excluding carboxylic acids is 2. The monoisotopic (exact) mass is 775 g/mol. The normalized spacial score (nSPS) is 16.0. The smallest absolute Gasteiger partial charge is 0.358 e. The van der Waals surface area contributed by atoms with Gasteiger partial charge in [-0.3, -0.25) is 19.8 Å². The average Bonchev–Trinajstić information content (AvgIpc) is 3.58. The summed E-state index contributed by atoms with van der Waals surface area (Å²) < 4.78 is 13.2. The van der Waals surface area contributed by atoms with E-state index in [1.807, 2.05) is 99.3 Å². The first-order valence-electron chi connectivity index (χ1n) is 19.4. The van der Waals surface area contributed by atoms with E-state index in [1.54, 1.807) is 0 Å². The van der Waals surface area contributed by atoms with Gasteiger partial charge in [0.25, 0.3) is 5.91 Å². The van der Waals surface area contributed by atoms with Crippen LogP contribution < -0.4 is 15.0 Å². The van der Waals surface area contributed by atoms with Crippen LogP contribution in [0.5, 0.6) is 5.75 Å². The number of nitrogens with one attached hydrogen (secondary N) is 1. The number of ether oxygens (including phenoxy) is 2. The molecule has 4 heterocycles. The number of carboxylic acids is 1. The maximum absolute atomic E-state index is 13.9. The number of aliphatic carboxylic acids is 1. The fourth-order valence-corrected chi connectivity index (χ4v) is 8.60. The van der Waals surface area contributed by atoms with Crippen molar-refractivity contribution in [1.29, 1.82) is 0 Å². The lowest BCUT2D eigenvalue weighted by molar-refractivity contribution is -0.138. The molecule has 0 bridgehead atoms.